The van der Waals surface area contributed by atoms with Crippen LogP contribution in [0.3, 0.4) is 0 Å². The Morgan fingerprint density at radius 2 is 2.00 bits per heavy atom. The van der Waals surface area contributed by atoms with Gasteiger partial charge in [0.05, 0.1) is 10.2 Å². The number of rotatable bonds is 6. The first kappa shape index (κ1) is 13.4. The quantitative estimate of drug-likeness (QED) is 0.342. The third-order valence-electron chi connectivity index (χ3n) is 2.07. The highest BCUT2D eigenvalue weighted by atomic mass is 127. The molecule has 0 saturated heterocycles. The summed E-state index contributed by atoms with van der Waals surface area (Å²) in [6.45, 7) is -0.314. The topological polar surface area (TPSA) is 26.3 Å². The smallest absolute Gasteiger partial charge is 0.311 e. The van der Waals surface area contributed by atoms with Crippen molar-refractivity contribution in [2.75, 3.05) is 6.67 Å². The van der Waals surface area contributed by atoms with Crippen LogP contribution < -0.4 is 4.74 Å². The second-order valence-corrected chi connectivity index (χ2v) is 4.57. The highest BCUT2D eigenvalue weighted by molar-refractivity contribution is 14.1. The van der Waals surface area contributed by atoms with Crippen molar-refractivity contribution in [3.63, 3.8) is 0 Å². The molecule has 0 bridgehead atoms. The molecular formula is C12H14FIO2. The molecule has 0 radical (unpaired) electrons. The molecule has 4 heteroatoms. The first-order valence-corrected chi connectivity index (χ1v) is 6.33. The van der Waals surface area contributed by atoms with Crippen molar-refractivity contribution in [3.05, 3.63) is 27.8 Å². The lowest BCUT2D eigenvalue weighted by Crippen LogP contribution is -2.08. The summed E-state index contributed by atoms with van der Waals surface area (Å²) < 4.78 is 17.9. The van der Waals surface area contributed by atoms with Crippen LogP contribution in [0.15, 0.2) is 24.3 Å². The Hall–Kier alpha value is -0.650. The van der Waals surface area contributed by atoms with Crippen LogP contribution in [0.25, 0.3) is 0 Å². The lowest BCUT2D eigenvalue weighted by Gasteiger charge is -2.05. The Bertz CT molecular complexity index is 342. The van der Waals surface area contributed by atoms with E-state index >= 15 is 0 Å². The van der Waals surface area contributed by atoms with Gasteiger partial charge in [-0.1, -0.05) is 18.6 Å². The molecule has 1 aromatic carbocycles. The molecule has 0 saturated carbocycles. The van der Waals surface area contributed by atoms with E-state index in [9.17, 15) is 9.18 Å². The lowest BCUT2D eigenvalue weighted by molar-refractivity contribution is -0.134. The summed E-state index contributed by atoms with van der Waals surface area (Å²) in [4.78, 5) is 11.4. The van der Waals surface area contributed by atoms with Crippen molar-refractivity contribution in [1.29, 1.82) is 0 Å². The Morgan fingerprint density at radius 3 is 2.69 bits per heavy atom. The molecule has 0 aliphatic rings. The third kappa shape index (κ3) is 4.92. The van der Waals surface area contributed by atoms with Crippen LogP contribution >= 0.6 is 22.6 Å². The summed E-state index contributed by atoms with van der Waals surface area (Å²) in [5.74, 6) is 0.349. The van der Waals surface area contributed by atoms with Crippen LogP contribution in [-0.4, -0.2) is 12.6 Å². The second-order valence-electron chi connectivity index (χ2n) is 3.40. The molecule has 0 N–H and O–H groups in total. The van der Waals surface area contributed by atoms with Crippen molar-refractivity contribution in [2.45, 2.75) is 25.7 Å². The maximum absolute atomic E-state index is 11.8. The van der Waals surface area contributed by atoms with Crippen LogP contribution in [-0.2, 0) is 4.79 Å². The van der Waals surface area contributed by atoms with Gasteiger partial charge >= 0.3 is 5.97 Å². The number of hydrogen-bond acceptors (Lipinski definition) is 2. The zero-order valence-electron chi connectivity index (χ0n) is 8.92. The fourth-order valence-corrected chi connectivity index (χ4v) is 1.74. The molecule has 88 valence electrons. The Labute approximate surface area is 108 Å². The summed E-state index contributed by atoms with van der Waals surface area (Å²) in [6, 6.07) is 7.36. The number of ether oxygens (including phenoxy) is 1. The van der Waals surface area contributed by atoms with E-state index in [4.69, 9.17) is 4.74 Å². The van der Waals surface area contributed by atoms with Gasteiger partial charge in [0.15, 0.2) is 0 Å². The van der Waals surface area contributed by atoms with Gasteiger partial charge < -0.3 is 4.74 Å². The Morgan fingerprint density at radius 1 is 1.25 bits per heavy atom. The molecule has 1 rings (SSSR count). The van der Waals surface area contributed by atoms with E-state index in [1.807, 2.05) is 18.2 Å². The van der Waals surface area contributed by atoms with Gasteiger partial charge in [-0.05, 0) is 47.6 Å². The zero-order chi connectivity index (χ0) is 11.8. The minimum atomic E-state index is -0.314. The number of esters is 1. The first-order valence-electron chi connectivity index (χ1n) is 5.25. The predicted octanol–water partition coefficient (Wildman–Crippen LogP) is 3.73. The fraction of sp³-hybridized carbons (Fsp3) is 0.417. The van der Waals surface area contributed by atoms with Crippen LogP contribution in [0.5, 0.6) is 5.75 Å². The van der Waals surface area contributed by atoms with E-state index in [0.717, 1.165) is 9.99 Å². The summed E-state index contributed by atoms with van der Waals surface area (Å²) in [5.41, 5.74) is 0. The maximum Gasteiger partial charge on any atom is 0.311 e. The number of alkyl halides is 1. The number of halogens is 2. The van der Waals surface area contributed by atoms with E-state index in [-0.39, 0.29) is 12.6 Å². The largest absolute Gasteiger partial charge is 0.425 e. The monoisotopic (exact) mass is 336 g/mol. The van der Waals surface area contributed by atoms with Crippen LogP contribution in [0.1, 0.15) is 25.7 Å². The summed E-state index contributed by atoms with van der Waals surface area (Å²) in [7, 11) is 0. The molecule has 0 spiro atoms. The minimum Gasteiger partial charge on any atom is -0.425 e. The van der Waals surface area contributed by atoms with Crippen molar-refractivity contribution >= 4 is 28.6 Å². The van der Waals surface area contributed by atoms with Crippen molar-refractivity contribution < 1.29 is 13.9 Å². The normalized spacial score (nSPS) is 10.1. The van der Waals surface area contributed by atoms with Crippen molar-refractivity contribution in [1.82, 2.24) is 0 Å². The molecule has 0 fully saturated rings. The van der Waals surface area contributed by atoms with Crippen LogP contribution in [0.4, 0.5) is 4.39 Å². The van der Waals surface area contributed by atoms with E-state index in [1.54, 1.807) is 6.07 Å². The first-order chi connectivity index (χ1) is 7.74. The van der Waals surface area contributed by atoms with Gasteiger partial charge in [0.1, 0.15) is 5.75 Å². The molecule has 0 heterocycles. The lowest BCUT2D eigenvalue weighted by atomic mass is 10.2. The number of unbranched alkanes of at least 4 members (excludes halogenated alkanes) is 2. The number of carbonyl (C=O) groups is 1. The van der Waals surface area contributed by atoms with Gasteiger partial charge in [0, 0.05) is 6.42 Å². The van der Waals surface area contributed by atoms with Gasteiger partial charge in [-0.15, -0.1) is 0 Å². The molecule has 0 aliphatic heterocycles. The molecular weight excluding hydrogens is 322 g/mol. The average molecular weight is 336 g/mol. The van der Waals surface area contributed by atoms with Gasteiger partial charge in [-0.2, -0.15) is 0 Å². The van der Waals surface area contributed by atoms with Gasteiger partial charge in [-0.25, -0.2) is 0 Å². The maximum atomic E-state index is 11.8. The molecule has 16 heavy (non-hydrogen) atoms. The summed E-state index contributed by atoms with van der Waals surface area (Å²) in [6.07, 6.45) is 2.30. The number of hydrogen-bond donors (Lipinski definition) is 0. The molecule has 0 amide bonds. The zero-order valence-corrected chi connectivity index (χ0v) is 11.1. The summed E-state index contributed by atoms with van der Waals surface area (Å²) in [5, 5.41) is 0. The standard InChI is InChI=1S/C12H14FIO2/c13-9-5-1-2-8-12(15)16-11-7-4-3-6-10(11)14/h3-4,6-7H,1-2,5,8-9H2. The van der Waals surface area contributed by atoms with Crippen LogP contribution in [0, 0.1) is 3.57 Å². The molecule has 1 aromatic rings. The molecule has 0 unspecified atom stereocenters. The number of benzene rings is 1. The summed E-state index contributed by atoms with van der Waals surface area (Å²) >= 11 is 2.12. The van der Waals surface area contributed by atoms with E-state index < -0.39 is 0 Å². The molecule has 0 aromatic heterocycles. The van der Waals surface area contributed by atoms with E-state index in [1.165, 1.54) is 0 Å². The predicted molar refractivity (Wildman–Crippen MR) is 69.2 cm³/mol. The fourth-order valence-electron chi connectivity index (χ4n) is 1.24. The molecule has 2 nitrogen and oxygen atoms in total. The molecule has 0 atom stereocenters. The highest BCUT2D eigenvalue weighted by Gasteiger charge is 2.06. The minimum absolute atomic E-state index is 0.247. The Balaban J connectivity index is 2.32. The molecule has 0 aliphatic carbocycles. The van der Waals surface area contributed by atoms with E-state index in [0.29, 0.717) is 25.0 Å². The van der Waals surface area contributed by atoms with Crippen LogP contribution in [0.2, 0.25) is 0 Å². The Kier molecular flexibility index (Phi) is 6.37. The van der Waals surface area contributed by atoms with Gasteiger partial charge in [-0.3, -0.25) is 9.18 Å². The SMILES string of the molecule is O=C(CCCCCF)Oc1ccccc1I. The highest BCUT2D eigenvalue weighted by Crippen LogP contribution is 2.20. The van der Waals surface area contributed by atoms with Gasteiger partial charge in [0.2, 0.25) is 0 Å². The third-order valence-corrected chi connectivity index (χ3v) is 2.97. The second kappa shape index (κ2) is 7.60. The average Bonchev–Trinajstić information content (AvgIpc) is 2.28. The number of para-hydroxylation sites is 1. The van der Waals surface area contributed by atoms with Crippen molar-refractivity contribution in [2.24, 2.45) is 0 Å². The van der Waals surface area contributed by atoms with Crippen molar-refractivity contribution in [3.8, 4) is 5.75 Å². The number of carbonyl (C=O) groups excluding carboxylic acids is 1. The van der Waals surface area contributed by atoms with Gasteiger partial charge in [0.25, 0.3) is 0 Å². The van der Waals surface area contributed by atoms with E-state index in [2.05, 4.69) is 22.6 Å².